The van der Waals surface area contributed by atoms with Gasteiger partial charge >= 0.3 is 59.5 Å². The van der Waals surface area contributed by atoms with Crippen LogP contribution in [0.2, 0.25) is 0 Å². The zero-order chi connectivity index (χ0) is 33.5. The van der Waals surface area contributed by atoms with Crippen molar-refractivity contribution in [1.29, 1.82) is 0 Å². The van der Waals surface area contributed by atoms with E-state index < -0.39 is 93.9 Å². The zero-order valence-electron chi connectivity index (χ0n) is 17.5. The second kappa shape index (κ2) is 9.29. The molecule has 0 spiro atoms. The molecule has 0 aliphatic rings. The molecule has 0 aliphatic heterocycles. The van der Waals surface area contributed by atoms with Crippen LogP contribution >= 0.6 is 0 Å². The van der Waals surface area contributed by atoms with Gasteiger partial charge in [0, 0.05) is 0 Å². The number of hydrogen-bond donors (Lipinski definition) is 1. The number of carboxylic acid groups (broad SMARTS) is 1. The Labute approximate surface area is 206 Å². The van der Waals surface area contributed by atoms with Gasteiger partial charge in [-0.05, 0) is 0 Å². The van der Waals surface area contributed by atoms with Crippen molar-refractivity contribution in [2.75, 3.05) is 0 Å². The fourth-order valence-corrected chi connectivity index (χ4v) is 2.65. The molecular formula is C16HF23O2. The minimum Gasteiger partial charge on any atom is -0.478 e. The van der Waals surface area contributed by atoms with E-state index in [-0.39, 0.29) is 0 Å². The first-order chi connectivity index (χ1) is 17.6. The van der Waals surface area contributed by atoms with Gasteiger partial charge in [0.15, 0.2) is 23.3 Å². The number of benzene rings is 1. The van der Waals surface area contributed by atoms with Crippen LogP contribution in [0.15, 0.2) is 0 Å². The third-order valence-corrected chi connectivity index (χ3v) is 4.91. The standard InChI is InChI=1S/C16HF23O2/c17-3-1(7(40)41)2(4(18)6(20)5(3)19)8(21,22)9(23,24)10(25,26)11(27,28)12(29,30)13(31,32)14(33,34)15(35,36)16(37,38)39/h(H,40,41). The maximum atomic E-state index is 14.2. The molecule has 1 rings (SSSR count). The molecule has 1 N–H and O–H groups in total. The topological polar surface area (TPSA) is 37.3 Å². The summed E-state index contributed by atoms with van der Waals surface area (Å²) < 4.78 is 307. The smallest absolute Gasteiger partial charge is 0.460 e. The summed E-state index contributed by atoms with van der Waals surface area (Å²) in [5.74, 6) is -90.5. The van der Waals surface area contributed by atoms with Crippen molar-refractivity contribution in [2.45, 2.75) is 53.6 Å². The Balaban J connectivity index is 4.09. The highest BCUT2D eigenvalue weighted by Crippen LogP contribution is 2.66. The maximum Gasteiger partial charge on any atom is 0.460 e. The lowest BCUT2D eigenvalue weighted by atomic mass is 9.85. The highest BCUT2D eigenvalue weighted by atomic mass is 19.4. The number of halogens is 23. The van der Waals surface area contributed by atoms with Gasteiger partial charge in [0.2, 0.25) is 0 Å². The summed E-state index contributed by atoms with van der Waals surface area (Å²) in [6.45, 7) is 0. The SMILES string of the molecule is O=C(O)c1c(F)c(F)c(F)c(F)c1C(F)(F)C(F)(F)C(F)(F)C(F)(F)C(F)(F)C(F)(F)C(F)(F)C(F)(F)C(F)(F)F. The van der Waals surface area contributed by atoms with Crippen LogP contribution < -0.4 is 0 Å². The number of aromatic carboxylic acids is 1. The van der Waals surface area contributed by atoms with E-state index in [1.54, 1.807) is 0 Å². The van der Waals surface area contributed by atoms with Crippen LogP contribution in [0, 0.1) is 23.3 Å². The third-order valence-electron chi connectivity index (χ3n) is 4.91. The summed E-state index contributed by atoms with van der Waals surface area (Å²) in [4.78, 5) is 10.8. The highest BCUT2D eigenvalue weighted by molar-refractivity contribution is 5.90. The minimum absolute atomic E-state index is 3.50. The summed E-state index contributed by atoms with van der Waals surface area (Å²) >= 11 is 0. The first-order valence-electron chi connectivity index (χ1n) is 8.77. The molecule has 0 saturated carbocycles. The average Bonchev–Trinajstić information content (AvgIpc) is 2.77. The van der Waals surface area contributed by atoms with Crippen molar-refractivity contribution in [3.05, 3.63) is 34.4 Å². The molecule has 1 aromatic rings. The lowest BCUT2D eigenvalue weighted by molar-refractivity contribution is -0.469. The summed E-state index contributed by atoms with van der Waals surface area (Å²) in [5, 5.41) is 8.47. The zero-order valence-corrected chi connectivity index (χ0v) is 17.5. The molecule has 0 fully saturated rings. The summed E-state index contributed by atoms with van der Waals surface area (Å²) in [5.41, 5.74) is -8.07. The lowest BCUT2D eigenvalue weighted by Gasteiger charge is -2.43. The molecule has 0 aromatic heterocycles. The first-order valence-corrected chi connectivity index (χ1v) is 8.77. The van der Waals surface area contributed by atoms with Gasteiger partial charge in [-0.2, -0.15) is 83.4 Å². The van der Waals surface area contributed by atoms with E-state index in [2.05, 4.69) is 0 Å². The molecule has 0 heterocycles. The summed E-state index contributed by atoms with van der Waals surface area (Å²) in [6, 6.07) is 0. The van der Waals surface area contributed by atoms with Crippen molar-refractivity contribution in [2.24, 2.45) is 0 Å². The third kappa shape index (κ3) is 4.29. The largest absolute Gasteiger partial charge is 0.478 e. The number of alkyl halides is 19. The Morgan fingerprint density at radius 3 is 0.976 bits per heavy atom. The Bertz CT molecular complexity index is 1210. The minimum atomic E-state index is -9.35. The normalized spacial score (nSPS) is 15.4. The fourth-order valence-electron chi connectivity index (χ4n) is 2.65. The maximum absolute atomic E-state index is 14.2. The average molecular weight is 662 g/mol. The van der Waals surface area contributed by atoms with Crippen LogP contribution in [-0.4, -0.2) is 58.7 Å². The number of hydrogen-bond acceptors (Lipinski definition) is 1. The first kappa shape index (κ1) is 36.1. The Morgan fingerprint density at radius 1 is 0.415 bits per heavy atom. The van der Waals surface area contributed by atoms with Crippen LogP contribution in [0.1, 0.15) is 15.9 Å². The van der Waals surface area contributed by atoms with E-state index in [1.165, 1.54) is 0 Å². The monoisotopic (exact) mass is 662 g/mol. The van der Waals surface area contributed by atoms with E-state index in [0.717, 1.165) is 0 Å². The molecule has 41 heavy (non-hydrogen) atoms. The van der Waals surface area contributed by atoms with Crippen LogP contribution in [0.4, 0.5) is 101 Å². The second-order valence-corrected chi connectivity index (χ2v) is 7.40. The van der Waals surface area contributed by atoms with Crippen LogP contribution in [0.3, 0.4) is 0 Å². The molecule has 0 aliphatic carbocycles. The predicted molar refractivity (Wildman–Crippen MR) is 77.8 cm³/mol. The summed E-state index contributed by atoms with van der Waals surface area (Å²) in [7, 11) is 0. The van der Waals surface area contributed by atoms with Crippen molar-refractivity contribution >= 4 is 5.97 Å². The molecular weight excluding hydrogens is 661 g/mol. The van der Waals surface area contributed by atoms with Gasteiger partial charge in [-0.3, -0.25) is 0 Å². The van der Waals surface area contributed by atoms with Gasteiger partial charge in [-0.1, -0.05) is 0 Å². The van der Waals surface area contributed by atoms with Gasteiger partial charge in [-0.15, -0.1) is 0 Å². The van der Waals surface area contributed by atoms with Crippen molar-refractivity contribution in [3.63, 3.8) is 0 Å². The number of carbonyl (C=O) groups is 1. The van der Waals surface area contributed by atoms with Crippen LogP contribution in [0.25, 0.3) is 0 Å². The van der Waals surface area contributed by atoms with E-state index in [0.29, 0.717) is 0 Å². The molecule has 0 saturated heterocycles. The Hall–Kier alpha value is -2.92. The Morgan fingerprint density at radius 2 is 0.683 bits per heavy atom. The van der Waals surface area contributed by atoms with Crippen molar-refractivity contribution < 1.29 is 111 Å². The fraction of sp³-hybridized carbons (Fsp3) is 0.562. The molecule has 2 nitrogen and oxygen atoms in total. The molecule has 0 bridgehead atoms. The van der Waals surface area contributed by atoms with Crippen molar-refractivity contribution in [3.8, 4) is 0 Å². The Kier molecular flexibility index (Phi) is 8.18. The summed E-state index contributed by atoms with van der Waals surface area (Å²) in [6.07, 6.45) is -8.10. The van der Waals surface area contributed by atoms with Gasteiger partial charge < -0.3 is 5.11 Å². The van der Waals surface area contributed by atoms with Crippen molar-refractivity contribution in [1.82, 2.24) is 0 Å². The quantitative estimate of drug-likeness (QED) is 0.165. The van der Waals surface area contributed by atoms with Crippen LogP contribution in [0.5, 0.6) is 0 Å². The number of rotatable bonds is 9. The molecule has 238 valence electrons. The van der Waals surface area contributed by atoms with E-state index >= 15 is 0 Å². The molecule has 1 aromatic carbocycles. The number of carboxylic acids is 1. The van der Waals surface area contributed by atoms with E-state index in [1.807, 2.05) is 0 Å². The molecule has 0 radical (unpaired) electrons. The molecule has 0 amide bonds. The van der Waals surface area contributed by atoms with Crippen LogP contribution in [-0.2, 0) is 5.92 Å². The van der Waals surface area contributed by atoms with Gasteiger partial charge in [0.05, 0.1) is 5.56 Å². The van der Waals surface area contributed by atoms with Gasteiger partial charge in [0.1, 0.15) is 5.56 Å². The van der Waals surface area contributed by atoms with E-state index in [4.69, 9.17) is 5.11 Å². The lowest BCUT2D eigenvalue weighted by Crippen LogP contribution is -2.75. The second-order valence-electron chi connectivity index (χ2n) is 7.40. The van der Waals surface area contributed by atoms with Gasteiger partial charge in [-0.25, -0.2) is 22.4 Å². The highest BCUT2D eigenvalue weighted by Gasteiger charge is 2.96. The molecule has 0 unspecified atom stereocenters. The van der Waals surface area contributed by atoms with E-state index in [9.17, 15) is 106 Å². The predicted octanol–water partition coefficient (Wildman–Crippen LogP) is 8.04. The van der Waals surface area contributed by atoms with Gasteiger partial charge in [0.25, 0.3) is 0 Å². The molecule has 25 heteroatoms. The molecule has 0 atom stereocenters.